The third-order valence-electron chi connectivity index (χ3n) is 3.45. The Morgan fingerprint density at radius 2 is 1.83 bits per heavy atom. The van der Waals surface area contributed by atoms with E-state index in [0.717, 1.165) is 12.2 Å². The predicted octanol–water partition coefficient (Wildman–Crippen LogP) is 2.45. The van der Waals surface area contributed by atoms with Crippen molar-refractivity contribution < 1.29 is 14.3 Å². The van der Waals surface area contributed by atoms with Crippen LogP contribution in [0.1, 0.15) is 47.5 Å². The van der Waals surface area contributed by atoms with Crippen molar-refractivity contribution in [3.05, 3.63) is 0 Å². The number of hydrogen-bond acceptors (Lipinski definition) is 4. The van der Waals surface area contributed by atoms with Crippen LogP contribution in [0.3, 0.4) is 0 Å². The minimum absolute atomic E-state index is 0.0779. The van der Waals surface area contributed by atoms with Crippen LogP contribution < -0.4 is 10.6 Å². The highest BCUT2D eigenvalue weighted by Gasteiger charge is 2.25. The normalized spacial score (nSPS) is 13.5. The van der Waals surface area contributed by atoms with E-state index in [4.69, 9.17) is 4.74 Å². The molecule has 1 atom stereocenters. The van der Waals surface area contributed by atoms with E-state index in [1.54, 1.807) is 11.8 Å². The third-order valence-corrected chi connectivity index (χ3v) is 4.09. The van der Waals surface area contributed by atoms with Crippen molar-refractivity contribution in [3.8, 4) is 0 Å². The highest BCUT2D eigenvalue weighted by molar-refractivity contribution is 7.98. The Balaban J connectivity index is 4.12. The number of thioether (sulfide) groups is 1. The molecule has 5 nitrogen and oxygen atoms in total. The van der Waals surface area contributed by atoms with Crippen molar-refractivity contribution >= 4 is 24.1 Å². The van der Waals surface area contributed by atoms with E-state index in [-0.39, 0.29) is 22.8 Å². The second kappa shape index (κ2) is 10.9. The molecule has 2 amide bonds. The molecule has 23 heavy (non-hydrogen) atoms. The Morgan fingerprint density at radius 1 is 1.22 bits per heavy atom. The number of amides is 2. The molecule has 0 aliphatic heterocycles. The first-order valence-corrected chi connectivity index (χ1v) is 9.54. The van der Waals surface area contributed by atoms with Crippen LogP contribution in [0.2, 0.25) is 0 Å². The molecule has 0 heterocycles. The lowest BCUT2D eigenvalue weighted by Crippen LogP contribution is -2.38. The quantitative estimate of drug-likeness (QED) is 0.503. The molecule has 0 aromatic heterocycles. The summed E-state index contributed by atoms with van der Waals surface area (Å²) in [7, 11) is 0. The number of ether oxygens (including phenoxy) is 1. The van der Waals surface area contributed by atoms with Gasteiger partial charge in [-0.05, 0) is 30.8 Å². The number of hydrogen-bond donors (Lipinski definition) is 2. The zero-order valence-corrected chi connectivity index (χ0v) is 16.3. The van der Waals surface area contributed by atoms with E-state index >= 15 is 0 Å². The van der Waals surface area contributed by atoms with Crippen LogP contribution in [0.15, 0.2) is 0 Å². The average molecular weight is 347 g/mol. The van der Waals surface area contributed by atoms with Crippen LogP contribution in [0.5, 0.6) is 0 Å². The first-order valence-electron chi connectivity index (χ1n) is 8.15. The molecule has 0 saturated heterocycles. The van der Waals surface area contributed by atoms with E-state index in [0.29, 0.717) is 32.6 Å². The van der Waals surface area contributed by atoms with Gasteiger partial charge in [0.25, 0.3) is 0 Å². The molecule has 2 N–H and O–H groups in total. The standard InChI is InChI=1S/C17H34N2O3S/c1-14(7-8-23-6)19-15(21)9-16(2,3)11-22-12-17(4,5)10-18-13-20/h13-14H,7-12H2,1-6H3,(H,18,20)(H,19,21). The molecule has 6 heteroatoms. The molecule has 0 aliphatic carbocycles. The summed E-state index contributed by atoms with van der Waals surface area (Å²) >= 11 is 1.79. The van der Waals surface area contributed by atoms with Gasteiger partial charge < -0.3 is 15.4 Å². The van der Waals surface area contributed by atoms with Gasteiger partial charge in [-0.15, -0.1) is 0 Å². The molecular weight excluding hydrogens is 312 g/mol. The molecule has 0 radical (unpaired) electrons. The maximum Gasteiger partial charge on any atom is 0.220 e. The van der Waals surface area contributed by atoms with Crippen molar-refractivity contribution in [1.29, 1.82) is 0 Å². The molecule has 0 aromatic rings. The molecule has 136 valence electrons. The van der Waals surface area contributed by atoms with Gasteiger partial charge in [-0.1, -0.05) is 27.7 Å². The van der Waals surface area contributed by atoms with Crippen LogP contribution >= 0.6 is 11.8 Å². The maximum atomic E-state index is 12.1. The van der Waals surface area contributed by atoms with Crippen molar-refractivity contribution in [3.63, 3.8) is 0 Å². The monoisotopic (exact) mass is 346 g/mol. The molecule has 0 saturated carbocycles. The van der Waals surface area contributed by atoms with E-state index < -0.39 is 0 Å². The van der Waals surface area contributed by atoms with Crippen molar-refractivity contribution in [2.45, 2.75) is 53.5 Å². The number of carbonyl (C=O) groups excluding carboxylic acids is 2. The molecule has 0 bridgehead atoms. The fourth-order valence-electron chi connectivity index (χ4n) is 2.15. The van der Waals surface area contributed by atoms with Gasteiger partial charge in [0.05, 0.1) is 13.2 Å². The molecule has 1 unspecified atom stereocenters. The summed E-state index contributed by atoms with van der Waals surface area (Å²) in [5.74, 6) is 1.13. The predicted molar refractivity (Wildman–Crippen MR) is 97.7 cm³/mol. The van der Waals surface area contributed by atoms with Gasteiger partial charge in [-0.25, -0.2) is 0 Å². The number of carbonyl (C=O) groups is 2. The summed E-state index contributed by atoms with van der Waals surface area (Å²) in [5, 5.41) is 5.73. The number of rotatable bonds is 13. The number of nitrogens with one attached hydrogen (secondary N) is 2. The lowest BCUT2D eigenvalue weighted by atomic mass is 9.89. The molecule has 0 rings (SSSR count). The zero-order chi connectivity index (χ0) is 17.9. The first kappa shape index (κ1) is 22.2. The Kier molecular flexibility index (Phi) is 10.6. The van der Waals surface area contributed by atoms with E-state index in [1.165, 1.54) is 0 Å². The average Bonchev–Trinajstić information content (AvgIpc) is 2.41. The summed E-state index contributed by atoms with van der Waals surface area (Å²) < 4.78 is 5.79. The van der Waals surface area contributed by atoms with Gasteiger partial charge >= 0.3 is 0 Å². The molecule has 0 fully saturated rings. The van der Waals surface area contributed by atoms with Gasteiger partial charge in [0, 0.05) is 24.4 Å². The van der Waals surface area contributed by atoms with Crippen LogP contribution in [-0.2, 0) is 14.3 Å². The van der Waals surface area contributed by atoms with E-state index in [2.05, 4.69) is 16.9 Å². The summed E-state index contributed by atoms with van der Waals surface area (Å²) in [5.41, 5.74) is -0.330. The topological polar surface area (TPSA) is 67.4 Å². The molecular formula is C17H34N2O3S. The zero-order valence-electron chi connectivity index (χ0n) is 15.5. The van der Waals surface area contributed by atoms with Crippen molar-refractivity contribution in [2.75, 3.05) is 31.8 Å². The van der Waals surface area contributed by atoms with Crippen LogP contribution in [0.4, 0.5) is 0 Å². The van der Waals surface area contributed by atoms with Gasteiger partial charge in [0.2, 0.25) is 12.3 Å². The lowest BCUT2D eigenvalue weighted by molar-refractivity contribution is -0.125. The van der Waals surface area contributed by atoms with Crippen LogP contribution in [-0.4, -0.2) is 50.1 Å². The fraction of sp³-hybridized carbons (Fsp3) is 0.882. The highest BCUT2D eigenvalue weighted by Crippen LogP contribution is 2.23. The van der Waals surface area contributed by atoms with Crippen LogP contribution in [0.25, 0.3) is 0 Å². The summed E-state index contributed by atoms with van der Waals surface area (Å²) in [6.45, 7) is 11.8. The van der Waals surface area contributed by atoms with Crippen molar-refractivity contribution in [1.82, 2.24) is 10.6 Å². The van der Waals surface area contributed by atoms with Gasteiger partial charge in [-0.3, -0.25) is 9.59 Å². The van der Waals surface area contributed by atoms with E-state index in [1.807, 2.05) is 34.6 Å². The second-order valence-electron chi connectivity index (χ2n) is 7.75. The molecule has 0 aromatic carbocycles. The minimum atomic E-state index is -0.211. The summed E-state index contributed by atoms with van der Waals surface area (Å²) in [6, 6.07) is 0.208. The SMILES string of the molecule is CSCCC(C)NC(=O)CC(C)(C)COCC(C)(C)CNC=O. The first-order chi connectivity index (χ1) is 10.6. The highest BCUT2D eigenvalue weighted by atomic mass is 32.2. The largest absolute Gasteiger partial charge is 0.380 e. The van der Waals surface area contributed by atoms with Crippen molar-refractivity contribution in [2.24, 2.45) is 10.8 Å². The molecule has 0 aliphatic rings. The summed E-state index contributed by atoms with van der Waals surface area (Å²) in [4.78, 5) is 22.5. The van der Waals surface area contributed by atoms with Gasteiger partial charge in [0.15, 0.2) is 0 Å². The second-order valence-corrected chi connectivity index (χ2v) is 8.73. The third kappa shape index (κ3) is 12.4. The minimum Gasteiger partial charge on any atom is -0.380 e. The Labute approximate surface area is 145 Å². The smallest absolute Gasteiger partial charge is 0.220 e. The molecule has 0 spiro atoms. The Hall–Kier alpha value is -0.750. The Bertz CT molecular complexity index is 360. The fourth-order valence-corrected chi connectivity index (χ4v) is 2.74. The summed E-state index contributed by atoms with van der Waals surface area (Å²) in [6.07, 6.45) is 4.21. The van der Waals surface area contributed by atoms with Gasteiger partial charge in [0.1, 0.15) is 0 Å². The van der Waals surface area contributed by atoms with Crippen LogP contribution in [0, 0.1) is 10.8 Å². The lowest BCUT2D eigenvalue weighted by Gasteiger charge is -2.29. The van der Waals surface area contributed by atoms with E-state index in [9.17, 15) is 9.59 Å². The Morgan fingerprint density at radius 3 is 2.39 bits per heavy atom. The van der Waals surface area contributed by atoms with Gasteiger partial charge in [-0.2, -0.15) is 11.8 Å². The maximum absolute atomic E-state index is 12.1.